The van der Waals surface area contributed by atoms with E-state index < -0.39 is 17.7 Å². The molecule has 7 nitrogen and oxygen atoms in total. The number of hydrogen-bond acceptors (Lipinski definition) is 5. The summed E-state index contributed by atoms with van der Waals surface area (Å²) in [4.78, 5) is 23.3. The molecule has 0 spiro atoms. The Morgan fingerprint density at radius 2 is 1.57 bits per heavy atom. The fraction of sp³-hybridized carbons (Fsp3) is 0.351. The average Bonchev–Trinajstić information content (AvgIpc) is 3.01. The van der Waals surface area contributed by atoms with Crippen LogP contribution < -0.4 is 4.74 Å². The molecule has 0 aromatic heterocycles. The third kappa shape index (κ3) is 8.17. The lowest BCUT2D eigenvalue weighted by Gasteiger charge is -2.40. The van der Waals surface area contributed by atoms with E-state index in [0.717, 1.165) is 28.2 Å². The number of nitrogens with zero attached hydrogens (tertiary/aromatic N) is 3. The molecule has 0 fully saturated rings. The van der Waals surface area contributed by atoms with Crippen molar-refractivity contribution < 1.29 is 19.0 Å². The van der Waals surface area contributed by atoms with E-state index >= 15 is 0 Å². The van der Waals surface area contributed by atoms with Crippen molar-refractivity contribution in [1.29, 1.82) is 0 Å². The highest BCUT2D eigenvalue weighted by molar-refractivity contribution is 6.00. The molecule has 0 saturated heterocycles. The van der Waals surface area contributed by atoms with Crippen molar-refractivity contribution in [2.24, 2.45) is 10.9 Å². The van der Waals surface area contributed by atoms with Gasteiger partial charge in [0, 0.05) is 24.4 Å². The molecule has 1 aliphatic heterocycles. The first-order valence-corrected chi connectivity index (χ1v) is 15.1. The van der Waals surface area contributed by atoms with Gasteiger partial charge >= 0.3 is 6.09 Å². The average molecular weight is 596 g/mol. The second-order valence-corrected chi connectivity index (χ2v) is 12.1. The van der Waals surface area contributed by atoms with E-state index in [4.69, 9.17) is 19.2 Å². The Morgan fingerprint density at radius 1 is 0.932 bits per heavy atom. The molecule has 44 heavy (non-hydrogen) atoms. The third-order valence-corrected chi connectivity index (χ3v) is 7.31. The van der Waals surface area contributed by atoms with Crippen LogP contribution in [0.3, 0.4) is 0 Å². The molecule has 2 atom stereocenters. The van der Waals surface area contributed by atoms with Crippen molar-refractivity contribution in [3.8, 4) is 5.75 Å². The van der Waals surface area contributed by atoms with Gasteiger partial charge in [-0.3, -0.25) is 9.89 Å². The number of amidine groups is 1. The number of allylic oxidation sites excluding steroid dienone is 2. The molecule has 0 N–H and O–H groups in total. The van der Waals surface area contributed by atoms with Gasteiger partial charge in [-0.1, -0.05) is 92.7 Å². The number of methoxy groups -OCH3 is 2. The zero-order valence-electron chi connectivity index (χ0n) is 26.9. The van der Waals surface area contributed by atoms with Crippen LogP contribution in [-0.2, 0) is 16.0 Å². The lowest BCUT2D eigenvalue weighted by atomic mass is 9.96. The molecule has 1 amide bonds. The topological polar surface area (TPSA) is 63.6 Å². The van der Waals surface area contributed by atoms with Crippen LogP contribution in [0.15, 0.2) is 114 Å². The summed E-state index contributed by atoms with van der Waals surface area (Å²) >= 11 is 0. The van der Waals surface area contributed by atoms with Crippen LogP contribution in [0.2, 0.25) is 0 Å². The van der Waals surface area contributed by atoms with Crippen LogP contribution in [0, 0.1) is 5.92 Å². The Bertz CT molecular complexity index is 1460. The molecule has 0 radical (unpaired) electrons. The standard InChI is InChI=1S/C37H45N3O4/c1-27(2)31(26-42-6)38-35(29-19-12-9-13-20-29)39-24-16-22-32(34(39)28-17-10-8-11-18-28)40(36(41)44-37(3,4)5)25-30-21-14-15-23-33(30)43-7/h8-24,27,31,34H,25-26H2,1-7H3/t31-,34-/m1/s1. The van der Waals surface area contributed by atoms with Gasteiger partial charge in [0.1, 0.15) is 23.2 Å². The van der Waals surface area contributed by atoms with Gasteiger partial charge in [-0.15, -0.1) is 0 Å². The van der Waals surface area contributed by atoms with Gasteiger partial charge in [0.25, 0.3) is 0 Å². The number of rotatable bonds is 10. The number of hydrogen-bond donors (Lipinski definition) is 0. The number of carbonyl (C=O) groups is 1. The van der Waals surface area contributed by atoms with E-state index in [1.165, 1.54) is 0 Å². The van der Waals surface area contributed by atoms with Crippen molar-refractivity contribution in [2.45, 2.75) is 58.8 Å². The van der Waals surface area contributed by atoms with Crippen molar-refractivity contribution in [2.75, 3.05) is 20.8 Å². The van der Waals surface area contributed by atoms with Crippen LogP contribution in [0.5, 0.6) is 5.75 Å². The van der Waals surface area contributed by atoms with E-state index in [9.17, 15) is 4.79 Å². The number of amides is 1. The zero-order chi connectivity index (χ0) is 31.7. The van der Waals surface area contributed by atoms with Crippen LogP contribution in [0.25, 0.3) is 0 Å². The largest absolute Gasteiger partial charge is 0.496 e. The highest BCUT2D eigenvalue weighted by atomic mass is 16.6. The maximum atomic E-state index is 14.1. The normalized spacial score (nSPS) is 16.0. The van der Waals surface area contributed by atoms with Gasteiger partial charge in [-0.05, 0) is 50.5 Å². The Balaban J connectivity index is 1.91. The summed E-state index contributed by atoms with van der Waals surface area (Å²) in [5.74, 6) is 1.74. The summed E-state index contributed by atoms with van der Waals surface area (Å²) in [7, 11) is 3.35. The summed E-state index contributed by atoms with van der Waals surface area (Å²) in [5.41, 5.74) is 2.91. The number of para-hydroxylation sites is 1. The Morgan fingerprint density at radius 3 is 2.18 bits per heavy atom. The molecule has 7 heteroatoms. The maximum Gasteiger partial charge on any atom is 0.414 e. The molecule has 1 heterocycles. The Hall–Kier alpha value is -4.36. The van der Waals surface area contributed by atoms with Gasteiger partial charge in [0.05, 0.1) is 32.0 Å². The molecule has 0 aliphatic carbocycles. The highest BCUT2D eigenvalue weighted by Gasteiger charge is 2.36. The van der Waals surface area contributed by atoms with Crippen molar-refractivity contribution >= 4 is 11.9 Å². The third-order valence-electron chi connectivity index (χ3n) is 7.31. The predicted molar refractivity (Wildman–Crippen MR) is 176 cm³/mol. The fourth-order valence-corrected chi connectivity index (χ4v) is 5.12. The SMILES string of the molecule is COC[C@@H](N=C(c1ccccc1)N1C=CC=C(N(Cc2ccccc2OC)C(=O)OC(C)(C)C)[C@H]1c1ccccc1)C(C)C. The molecule has 4 rings (SSSR count). The van der Waals surface area contributed by atoms with Crippen LogP contribution >= 0.6 is 0 Å². The number of ether oxygens (including phenoxy) is 3. The van der Waals surface area contributed by atoms with Crippen LogP contribution in [0.4, 0.5) is 4.79 Å². The minimum absolute atomic E-state index is 0.0788. The van der Waals surface area contributed by atoms with Crippen molar-refractivity contribution in [3.63, 3.8) is 0 Å². The summed E-state index contributed by atoms with van der Waals surface area (Å²) < 4.78 is 17.3. The summed E-state index contributed by atoms with van der Waals surface area (Å²) in [6.07, 6.45) is 5.55. The predicted octanol–water partition coefficient (Wildman–Crippen LogP) is 8.00. The second kappa shape index (κ2) is 14.9. The Labute approximate surface area is 262 Å². The zero-order valence-corrected chi connectivity index (χ0v) is 26.9. The van der Waals surface area contributed by atoms with E-state index in [0.29, 0.717) is 12.4 Å². The maximum absolute atomic E-state index is 14.1. The molecule has 232 valence electrons. The van der Waals surface area contributed by atoms with Crippen molar-refractivity contribution in [1.82, 2.24) is 9.80 Å². The van der Waals surface area contributed by atoms with Gasteiger partial charge in [-0.2, -0.15) is 0 Å². The van der Waals surface area contributed by atoms with Crippen molar-refractivity contribution in [3.05, 3.63) is 126 Å². The molecule has 0 unspecified atom stereocenters. The van der Waals surface area contributed by atoms with Gasteiger partial charge in [0.2, 0.25) is 0 Å². The van der Waals surface area contributed by atoms with E-state index in [1.54, 1.807) is 19.1 Å². The molecule has 0 saturated carbocycles. The lowest BCUT2D eigenvalue weighted by Crippen LogP contribution is -2.43. The smallest absolute Gasteiger partial charge is 0.414 e. The highest BCUT2D eigenvalue weighted by Crippen LogP contribution is 2.38. The first-order valence-electron chi connectivity index (χ1n) is 15.1. The Kier molecular flexibility index (Phi) is 11.0. The molecular formula is C37H45N3O4. The molecule has 3 aromatic rings. The first kappa shape index (κ1) is 32.6. The number of aliphatic imine (C=N–C) groups is 1. The lowest BCUT2D eigenvalue weighted by molar-refractivity contribution is 0.0276. The van der Waals surface area contributed by atoms with Gasteiger partial charge in [-0.25, -0.2) is 4.79 Å². The second-order valence-electron chi connectivity index (χ2n) is 12.1. The molecular weight excluding hydrogens is 550 g/mol. The van der Waals surface area contributed by atoms with E-state index in [-0.39, 0.29) is 18.5 Å². The van der Waals surface area contributed by atoms with Gasteiger partial charge < -0.3 is 19.1 Å². The van der Waals surface area contributed by atoms with Crippen LogP contribution in [-0.4, -0.2) is 54.2 Å². The number of benzene rings is 3. The number of carbonyl (C=O) groups excluding carboxylic acids is 1. The minimum Gasteiger partial charge on any atom is -0.496 e. The minimum atomic E-state index is -0.690. The van der Waals surface area contributed by atoms with Crippen LogP contribution in [0.1, 0.15) is 57.4 Å². The fourth-order valence-electron chi connectivity index (χ4n) is 5.12. The molecule has 3 aromatic carbocycles. The summed E-state index contributed by atoms with van der Waals surface area (Å²) in [6, 6.07) is 27.6. The molecule has 0 bridgehead atoms. The van der Waals surface area contributed by atoms with E-state index in [2.05, 4.69) is 43.0 Å². The molecule has 1 aliphatic rings. The quantitative estimate of drug-likeness (QED) is 0.176. The van der Waals surface area contributed by atoms with Gasteiger partial charge in [0.15, 0.2) is 0 Å². The summed E-state index contributed by atoms with van der Waals surface area (Å²) in [6.45, 7) is 10.7. The summed E-state index contributed by atoms with van der Waals surface area (Å²) in [5, 5.41) is 0. The first-order chi connectivity index (χ1) is 21.1. The monoisotopic (exact) mass is 595 g/mol. The van der Waals surface area contributed by atoms with E-state index in [1.807, 2.05) is 99.8 Å².